The van der Waals surface area contributed by atoms with Gasteiger partial charge in [0.25, 0.3) is 5.91 Å². The maximum atomic E-state index is 12.4. The van der Waals surface area contributed by atoms with Crippen molar-refractivity contribution in [3.8, 4) is 0 Å². The van der Waals surface area contributed by atoms with Crippen molar-refractivity contribution in [2.75, 3.05) is 19.7 Å². The number of carbonyl (C=O) groups is 1. The normalized spacial score (nSPS) is 19.3. The number of ether oxygens (including phenoxy) is 1. The SMILES string of the molecule is Cc1cc(C(=O)N2CCOC(C(N)=S)C2)ccc1Br. The lowest BCUT2D eigenvalue weighted by Gasteiger charge is -2.32. The molecule has 102 valence electrons. The summed E-state index contributed by atoms with van der Waals surface area (Å²) in [7, 11) is 0. The fraction of sp³-hybridized carbons (Fsp3) is 0.385. The number of nitrogens with zero attached hydrogens (tertiary/aromatic N) is 1. The quantitative estimate of drug-likeness (QED) is 0.834. The number of amides is 1. The Hall–Kier alpha value is -0.980. The first kappa shape index (κ1) is 14.4. The topological polar surface area (TPSA) is 55.6 Å². The van der Waals surface area contributed by atoms with E-state index in [0.29, 0.717) is 30.2 Å². The van der Waals surface area contributed by atoms with Crippen LogP contribution in [-0.2, 0) is 4.74 Å². The van der Waals surface area contributed by atoms with Crippen LogP contribution in [0, 0.1) is 6.92 Å². The summed E-state index contributed by atoms with van der Waals surface area (Å²) < 4.78 is 6.42. The zero-order valence-corrected chi connectivity index (χ0v) is 13.0. The van der Waals surface area contributed by atoms with Gasteiger partial charge in [0, 0.05) is 16.6 Å². The van der Waals surface area contributed by atoms with Gasteiger partial charge in [0.15, 0.2) is 0 Å². The molecule has 1 saturated heterocycles. The predicted octanol–water partition coefficient (Wildman–Crippen LogP) is 1.88. The second-order valence-electron chi connectivity index (χ2n) is 4.48. The Morgan fingerprint density at radius 2 is 2.32 bits per heavy atom. The molecule has 2 rings (SSSR count). The standard InChI is InChI=1S/C13H15BrN2O2S/c1-8-6-9(2-3-10(8)14)13(17)16-4-5-18-11(7-16)12(15)19/h2-3,6,11H,4-5,7H2,1H3,(H2,15,19). The molecular weight excluding hydrogens is 328 g/mol. The van der Waals surface area contributed by atoms with Gasteiger partial charge < -0.3 is 15.4 Å². The van der Waals surface area contributed by atoms with Gasteiger partial charge in [0.05, 0.1) is 13.2 Å². The molecule has 0 spiro atoms. The number of halogens is 1. The molecule has 0 saturated carbocycles. The van der Waals surface area contributed by atoms with Gasteiger partial charge in [-0.15, -0.1) is 0 Å². The lowest BCUT2D eigenvalue weighted by Crippen LogP contribution is -2.49. The van der Waals surface area contributed by atoms with Crippen molar-refractivity contribution in [1.82, 2.24) is 4.90 Å². The Morgan fingerprint density at radius 3 is 2.95 bits per heavy atom. The summed E-state index contributed by atoms with van der Waals surface area (Å²) in [6, 6.07) is 5.57. The summed E-state index contributed by atoms with van der Waals surface area (Å²) in [5.74, 6) is -0.0137. The number of hydrogen-bond donors (Lipinski definition) is 1. The minimum Gasteiger partial charge on any atom is -0.391 e. The highest BCUT2D eigenvalue weighted by atomic mass is 79.9. The van der Waals surface area contributed by atoms with Gasteiger partial charge >= 0.3 is 0 Å². The first-order chi connectivity index (χ1) is 8.99. The Balaban J connectivity index is 2.14. The van der Waals surface area contributed by atoms with Crippen LogP contribution in [0.2, 0.25) is 0 Å². The molecule has 4 nitrogen and oxygen atoms in total. The molecule has 1 heterocycles. The minimum absolute atomic E-state index is 0.0137. The van der Waals surface area contributed by atoms with E-state index in [9.17, 15) is 4.79 Å². The van der Waals surface area contributed by atoms with Crippen LogP contribution in [0.15, 0.2) is 22.7 Å². The van der Waals surface area contributed by atoms with Gasteiger partial charge in [-0.05, 0) is 30.7 Å². The Kier molecular flexibility index (Phi) is 4.54. The maximum absolute atomic E-state index is 12.4. The zero-order chi connectivity index (χ0) is 14.0. The van der Waals surface area contributed by atoms with Gasteiger partial charge in [-0.3, -0.25) is 4.79 Å². The second kappa shape index (κ2) is 5.98. The van der Waals surface area contributed by atoms with E-state index in [1.54, 1.807) is 4.90 Å². The van der Waals surface area contributed by atoms with Crippen LogP contribution in [-0.4, -0.2) is 41.6 Å². The van der Waals surface area contributed by atoms with E-state index in [1.807, 2.05) is 25.1 Å². The van der Waals surface area contributed by atoms with Crippen LogP contribution in [0.3, 0.4) is 0 Å². The van der Waals surface area contributed by atoms with E-state index in [1.165, 1.54) is 0 Å². The molecule has 1 fully saturated rings. The number of morpholine rings is 1. The van der Waals surface area contributed by atoms with Crippen LogP contribution in [0.5, 0.6) is 0 Å². The molecule has 0 bridgehead atoms. The first-order valence-electron chi connectivity index (χ1n) is 5.95. The molecule has 0 radical (unpaired) electrons. The summed E-state index contributed by atoms with van der Waals surface area (Å²) in [6.07, 6.45) is -0.343. The molecule has 1 atom stereocenters. The minimum atomic E-state index is -0.343. The maximum Gasteiger partial charge on any atom is 0.254 e. The van der Waals surface area contributed by atoms with E-state index < -0.39 is 0 Å². The predicted molar refractivity (Wildman–Crippen MR) is 81.3 cm³/mol. The third kappa shape index (κ3) is 3.32. The molecule has 1 aliphatic rings. The first-order valence-corrected chi connectivity index (χ1v) is 7.15. The number of thiocarbonyl (C=S) groups is 1. The van der Waals surface area contributed by atoms with Crippen molar-refractivity contribution in [1.29, 1.82) is 0 Å². The van der Waals surface area contributed by atoms with Crippen molar-refractivity contribution >= 4 is 39.0 Å². The molecule has 1 aliphatic heterocycles. The van der Waals surface area contributed by atoms with E-state index in [0.717, 1.165) is 10.0 Å². The molecular formula is C13H15BrN2O2S. The number of rotatable bonds is 2. The van der Waals surface area contributed by atoms with Gasteiger partial charge in [-0.2, -0.15) is 0 Å². The molecule has 6 heteroatoms. The Morgan fingerprint density at radius 1 is 1.58 bits per heavy atom. The fourth-order valence-electron chi connectivity index (χ4n) is 1.97. The monoisotopic (exact) mass is 342 g/mol. The molecule has 1 aromatic rings. The summed E-state index contributed by atoms with van der Waals surface area (Å²) in [5, 5.41) is 0. The molecule has 1 amide bonds. The third-order valence-corrected chi connectivity index (χ3v) is 4.23. The summed E-state index contributed by atoms with van der Waals surface area (Å²) >= 11 is 8.34. The summed E-state index contributed by atoms with van der Waals surface area (Å²) in [5.41, 5.74) is 7.28. The van der Waals surface area contributed by atoms with Gasteiger partial charge in [0.2, 0.25) is 0 Å². The van der Waals surface area contributed by atoms with Crippen molar-refractivity contribution in [2.24, 2.45) is 5.73 Å². The Bertz CT molecular complexity index is 521. The molecule has 2 N–H and O–H groups in total. The van der Waals surface area contributed by atoms with Crippen LogP contribution in [0.4, 0.5) is 0 Å². The van der Waals surface area contributed by atoms with Gasteiger partial charge in [-0.25, -0.2) is 0 Å². The van der Waals surface area contributed by atoms with E-state index >= 15 is 0 Å². The molecule has 1 unspecified atom stereocenters. The van der Waals surface area contributed by atoms with Crippen LogP contribution in [0.25, 0.3) is 0 Å². The number of aryl methyl sites for hydroxylation is 1. The van der Waals surface area contributed by atoms with Crippen LogP contribution < -0.4 is 5.73 Å². The largest absolute Gasteiger partial charge is 0.391 e. The second-order valence-corrected chi connectivity index (χ2v) is 5.80. The zero-order valence-electron chi connectivity index (χ0n) is 10.6. The van der Waals surface area contributed by atoms with Gasteiger partial charge in [-0.1, -0.05) is 28.1 Å². The van der Waals surface area contributed by atoms with Crippen molar-refractivity contribution in [2.45, 2.75) is 13.0 Å². The van der Waals surface area contributed by atoms with Crippen LogP contribution >= 0.6 is 28.1 Å². The lowest BCUT2D eigenvalue weighted by atomic mass is 10.1. The molecule has 0 aromatic heterocycles. The van der Waals surface area contributed by atoms with Crippen molar-refractivity contribution in [3.63, 3.8) is 0 Å². The van der Waals surface area contributed by atoms with E-state index in [4.69, 9.17) is 22.7 Å². The number of carbonyl (C=O) groups excluding carboxylic acids is 1. The Labute approximate surface area is 126 Å². The molecule has 19 heavy (non-hydrogen) atoms. The number of benzene rings is 1. The molecule has 1 aromatic carbocycles. The fourth-order valence-corrected chi connectivity index (χ4v) is 2.36. The summed E-state index contributed by atoms with van der Waals surface area (Å²) in [6.45, 7) is 3.40. The smallest absolute Gasteiger partial charge is 0.254 e. The number of nitrogens with two attached hydrogens (primary N) is 1. The van der Waals surface area contributed by atoms with Crippen molar-refractivity contribution < 1.29 is 9.53 Å². The van der Waals surface area contributed by atoms with Gasteiger partial charge in [0.1, 0.15) is 11.1 Å². The highest BCUT2D eigenvalue weighted by Crippen LogP contribution is 2.19. The molecule has 0 aliphatic carbocycles. The lowest BCUT2D eigenvalue weighted by molar-refractivity contribution is 0.00878. The highest BCUT2D eigenvalue weighted by molar-refractivity contribution is 9.10. The summed E-state index contributed by atoms with van der Waals surface area (Å²) in [4.78, 5) is 14.4. The van der Waals surface area contributed by atoms with Crippen molar-refractivity contribution in [3.05, 3.63) is 33.8 Å². The third-order valence-electron chi connectivity index (χ3n) is 3.08. The number of hydrogen-bond acceptors (Lipinski definition) is 3. The van der Waals surface area contributed by atoms with Crippen LogP contribution in [0.1, 0.15) is 15.9 Å². The highest BCUT2D eigenvalue weighted by Gasteiger charge is 2.26. The van der Waals surface area contributed by atoms with E-state index in [2.05, 4.69) is 15.9 Å². The van der Waals surface area contributed by atoms with E-state index in [-0.39, 0.29) is 12.0 Å². The average molecular weight is 343 g/mol. The average Bonchev–Trinajstić information content (AvgIpc) is 2.41.